The van der Waals surface area contributed by atoms with Gasteiger partial charge in [-0.1, -0.05) is 60.5 Å². The minimum Gasteiger partial charge on any atom is -0.300 e. The number of rotatable bonds is 6. The number of aromatic nitrogens is 1. The molecule has 2 aromatic carbocycles. The summed E-state index contributed by atoms with van der Waals surface area (Å²) in [7, 11) is 0. The van der Waals surface area contributed by atoms with Crippen molar-refractivity contribution in [2.24, 2.45) is 5.92 Å². The molecule has 0 bridgehead atoms. The van der Waals surface area contributed by atoms with Crippen LogP contribution in [0.4, 0.5) is 5.13 Å². The van der Waals surface area contributed by atoms with Crippen molar-refractivity contribution in [3.05, 3.63) is 69.5 Å². The van der Waals surface area contributed by atoms with Gasteiger partial charge in [0, 0.05) is 15.4 Å². The van der Waals surface area contributed by atoms with Gasteiger partial charge in [-0.2, -0.15) is 0 Å². The largest absolute Gasteiger partial charge is 0.300 e. The number of halogens is 1. The molecule has 3 amide bonds. The van der Waals surface area contributed by atoms with Gasteiger partial charge in [-0.3, -0.25) is 19.3 Å². The van der Waals surface area contributed by atoms with Crippen LogP contribution in [-0.2, 0) is 4.79 Å². The molecule has 0 radical (unpaired) electrons. The van der Waals surface area contributed by atoms with Gasteiger partial charge in [0.2, 0.25) is 5.91 Å². The number of fused-ring (bicyclic) bond motifs is 1. The standard InChI is InChI=1S/C23H20BrN3O3S/c1-3-13(2)19(27-21(29)16-6-4-5-7-17(16)22(27)30)20(28)26-23-25-18(12-31-23)14-8-10-15(24)11-9-14/h4-13,19H,3H2,1-2H3,(H,25,26,28). The highest BCUT2D eigenvalue weighted by molar-refractivity contribution is 9.10. The first kappa shape index (κ1) is 21.4. The molecular weight excluding hydrogens is 478 g/mol. The van der Waals surface area contributed by atoms with E-state index in [1.54, 1.807) is 24.3 Å². The summed E-state index contributed by atoms with van der Waals surface area (Å²) in [4.78, 5) is 44.7. The van der Waals surface area contributed by atoms with Gasteiger partial charge in [-0.05, 0) is 30.2 Å². The van der Waals surface area contributed by atoms with Gasteiger partial charge in [-0.15, -0.1) is 11.3 Å². The van der Waals surface area contributed by atoms with Gasteiger partial charge in [0.1, 0.15) is 6.04 Å². The maximum Gasteiger partial charge on any atom is 0.262 e. The molecule has 2 atom stereocenters. The number of benzene rings is 2. The van der Waals surface area contributed by atoms with Crippen LogP contribution in [0.5, 0.6) is 0 Å². The van der Waals surface area contributed by atoms with E-state index in [0.717, 1.165) is 20.6 Å². The molecule has 6 nitrogen and oxygen atoms in total. The van der Waals surface area contributed by atoms with E-state index in [0.29, 0.717) is 22.7 Å². The van der Waals surface area contributed by atoms with Crippen molar-refractivity contribution in [2.75, 3.05) is 5.32 Å². The maximum atomic E-state index is 13.2. The number of carbonyl (C=O) groups is 3. The summed E-state index contributed by atoms with van der Waals surface area (Å²) in [6, 6.07) is 13.5. The van der Waals surface area contributed by atoms with E-state index in [9.17, 15) is 14.4 Å². The minimum absolute atomic E-state index is 0.215. The Kier molecular flexibility index (Phi) is 6.02. The second kappa shape index (κ2) is 8.72. The van der Waals surface area contributed by atoms with Crippen molar-refractivity contribution in [1.82, 2.24) is 9.88 Å². The van der Waals surface area contributed by atoms with E-state index >= 15 is 0 Å². The molecule has 1 aromatic heterocycles. The third-order valence-electron chi connectivity index (χ3n) is 5.43. The van der Waals surface area contributed by atoms with Gasteiger partial charge in [0.05, 0.1) is 16.8 Å². The number of imide groups is 1. The molecule has 3 aromatic rings. The zero-order valence-electron chi connectivity index (χ0n) is 17.0. The van der Waals surface area contributed by atoms with Gasteiger partial charge in [0.25, 0.3) is 11.8 Å². The van der Waals surface area contributed by atoms with E-state index in [1.165, 1.54) is 11.3 Å². The van der Waals surface area contributed by atoms with Crippen LogP contribution in [0.3, 0.4) is 0 Å². The van der Waals surface area contributed by atoms with Gasteiger partial charge in [-0.25, -0.2) is 4.98 Å². The Balaban J connectivity index is 1.59. The van der Waals surface area contributed by atoms with Crippen LogP contribution in [0, 0.1) is 5.92 Å². The molecule has 0 saturated heterocycles. The molecule has 31 heavy (non-hydrogen) atoms. The highest BCUT2D eigenvalue weighted by atomic mass is 79.9. The Morgan fingerprint density at radius 2 is 1.71 bits per heavy atom. The summed E-state index contributed by atoms with van der Waals surface area (Å²) in [5, 5.41) is 5.10. The molecule has 0 saturated carbocycles. The van der Waals surface area contributed by atoms with Gasteiger partial charge >= 0.3 is 0 Å². The molecule has 2 unspecified atom stereocenters. The maximum absolute atomic E-state index is 13.2. The zero-order chi connectivity index (χ0) is 22.1. The lowest BCUT2D eigenvalue weighted by molar-refractivity contribution is -0.121. The van der Waals surface area contributed by atoms with Crippen molar-refractivity contribution in [1.29, 1.82) is 0 Å². The monoisotopic (exact) mass is 497 g/mol. The fourth-order valence-corrected chi connectivity index (χ4v) is 4.56. The average molecular weight is 498 g/mol. The first-order valence-electron chi connectivity index (χ1n) is 9.90. The predicted molar refractivity (Wildman–Crippen MR) is 124 cm³/mol. The number of hydrogen-bond donors (Lipinski definition) is 1. The average Bonchev–Trinajstić information content (AvgIpc) is 3.33. The first-order valence-corrected chi connectivity index (χ1v) is 11.6. The van der Waals surface area contributed by atoms with Crippen LogP contribution in [0.25, 0.3) is 11.3 Å². The summed E-state index contributed by atoms with van der Waals surface area (Å²) in [5.74, 6) is -1.50. The molecule has 0 fully saturated rings. The fourth-order valence-electron chi connectivity index (χ4n) is 3.58. The second-order valence-corrected chi connectivity index (χ2v) is 9.16. The quantitative estimate of drug-likeness (QED) is 0.473. The third kappa shape index (κ3) is 4.05. The predicted octanol–water partition coefficient (Wildman–Crippen LogP) is 5.22. The first-order chi connectivity index (χ1) is 14.9. The smallest absolute Gasteiger partial charge is 0.262 e. The Morgan fingerprint density at radius 3 is 2.29 bits per heavy atom. The van der Waals surface area contributed by atoms with Gasteiger partial charge < -0.3 is 5.32 Å². The van der Waals surface area contributed by atoms with E-state index in [4.69, 9.17) is 0 Å². The van der Waals surface area contributed by atoms with Crippen LogP contribution < -0.4 is 5.32 Å². The lowest BCUT2D eigenvalue weighted by Gasteiger charge is -2.29. The molecule has 8 heteroatoms. The Bertz CT molecular complexity index is 1120. The Morgan fingerprint density at radius 1 is 1.10 bits per heavy atom. The normalized spacial score (nSPS) is 15.0. The molecule has 1 N–H and O–H groups in total. The summed E-state index contributed by atoms with van der Waals surface area (Å²) in [6.45, 7) is 3.79. The molecule has 4 rings (SSSR count). The lowest BCUT2D eigenvalue weighted by Crippen LogP contribution is -2.50. The third-order valence-corrected chi connectivity index (χ3v) is 6.72. The Labute approximate surface area is 192 Å². The molecular formula is C23H20BrN3O3S. The molecule has 158 valence electrons. The molecule has 1 aliphatic rings. The summed E-state index contributed by atoms with van der Waals surface area (Å²) >= 11 is 4.71. The molecule has 0 spiro atoms. The molecule has 0 aliphatic carbocycles. The number of thiazole rings is 1. The van der Waals surface area contributed by atoms with Gasteiger partial charge in [0.15, 0.2) is 5.13 Å². The van der Waals surface area contributed by atoms with Crippen molar-refractivity contribution in [2.45, 2.75) is 26.3 Å². The Hall–Kier alpha value is -2.84. The number of nitrogens with zero attached hydrogens (tertiary/aromatic N) is 2. The molecule has 2 heterocycles. The van der Waals surface area contributed by atoms with E-state index in [2.05, 4.69) is 26.2 Å². The van der Waals surface area contributed by atoms with Crippen molar-refractivity contribution < 1.29 is 14.4 Å². The second-order valence-electron chi connectivity index (χ2n) is 7.39. The topological polar surface area (TPSA) is 79.4 Å². The van der Waals surface area contributed by atoms with E-state index < -0.39 is 23.8 Å². The van der Waals surface area contributed by atoms with Crippen molar-refractivity contribution in [3.63, 3.8) is 0 Å². The van der Waals surface area contributed by atoms with Crippen LogP contribution in [0.15, 0.2) is 58.4 Å². The van der Waals surface area contributed by atoms with Crippen LogP contribution in [0.2, 0.25) is 0 Å². The van der Waals surface area contributed by atoms with Crippen LogP contribution in [0.1, 0.15) is 41.0 Å². The minimum atomic E-state index is -0.919. The summed E-state index contributed by atoms with van der Waals surface area (Å²) < 4.78 is 0.970. The number of nitrogens with one attached hydrogen (secondary N) is 1. The van der Waals surface area contributed by atoms with Crippen LogP contribution in [-0.4, -0.2) is 33.6 Å². The summed E-state index contributed by atoms with van der Waals surface area (Å²) in [6.07, 6.45) is 0.632. The van der Waals surface area contributed by atoms with Crippen LogP contribution >= 0.6 is 27.3 Å². The molecule has 1 aliphatic heterocycles. The number of anilines is 1. The van der Waals surface area contributed by atoms with Crippen molar-refractivity contribution in [3.8, 4) is 11.3 Å². The lowest BCUT2D eigenvalue weighted by atomic mass is 9.96. The highest BCUT2D eigenvalue weighted by Crippen LogP contribution is 2.30. The fraction of sp³-hybridized carbons (Fsp3) is 0.217. The van der Waals surface area contributed by atoms with E-state index in [-0.39, 0.29) is 5.92 Å². The van der Waals surface area contributed by atoms with Crippen molar-refractivity contribution >= 4 is 50.1 Å². The van der Waals surface area contributed by atoms with E-state index in [1.807, 2.05) is 43.5 Å². The number of hydrogen-bond acceptors (Lipinski definition) is 5. The zero-order valence-corrected chi connectivity index (χ0v) is 19.4. The highest BCUT2D eigenvalue weighted by Gasteiger charge is 2.44. The number of amides is 3. The SMILES string of the molecule is CCC(C)C(C(=O)Nc1nc(-c2ccc(Br)cc2)cs1)N1C(=O)c2ccccc2C1=O. The summed E-state index contributed by atoms with van der Waals surface area (Å²) in [5.41, 5.74) is 2.34. The number of carbonyl (C=O) groups excluding carboxylic acids is 3.